The highest BCUT2D eigenvalue weighted by Gasteiger charge is 2.35. The zero-order valence-corrected chi connectivity index (χ0v) is 13.5. The number of pyridine rings is 1. The topological polar surface area (TPSA) is 34.4 Å². The first-order chi connectivity index (χ1) is 11.8. The van der Waals surface area contributed by atoms with Crippen LogP contribution in [-0.2, 0) is 12.7 Å². The normalized spacial score (nSPS) is 15.5. The third-order valence-electron chi connectivity index (χ3n) is 4.13. The molecule has 1 aromatic carbocycles. The molecule has 0 atom stereocenters. The molecule has 1 fully saturated rings. The van der Waals surface area contributed by atoms with E-state index in [1.807, 2.05) is 6.07 Å². The molecule has 0 saturated heterocycles. The summed E-state index contributed by atoms with van der Waals surface area (Å²) in [5.74, 6) is -2.10. The second kappa shape index (κ2) is 6.46. The van der Waals surface area contributed by atoms with E-state index in [-0.39, 0.29) is 0 Å². The summed E-state index contributed by atoms with van der Waals surface area (Å²) >= 11 is 0. The quantitative estimate of drug-likeness (QED) is 0.766. The third-order valence-corrected chi connectivity index (χ3v) is 4.13. The molecule has 25 heavy (non-hydrogen) atoms. The number of alkyl halides is 3. The zero-order chi connectivity index (χ0) is 18.2. The van der Waals surface area contributed by atoms with Gasteiger partial charge in [-0.1, -0.05) is 12.1 Å². The molecule has 1 aliphatic rings. The highest BCUT2D eigenvalue weighted by atomic mass is 19.4. The second-order valence-corrected chi connectivity index (χ2v) is 6.19. The molecule has 7 heteroatoms. The lowest BCUT2D eigenvalue weighted by Crippen LogP contribution is -2.25. The van der Waals surface area contributed by atoms with Crippen LogP contribution in [0, 0.1) is 18.7 Å². The predicted molar refractivity (Wildman–Crippen MR) is 83.2 cm³/mol. The average molecular weight is 352 g/mol. The number of hydrogen-bond donors (Lipinski definition) is 0. The molecule has 3 nitrogen and oxygen atoms in total. The van der Waals surface area contributed by atoms with E-state index in [2.05, 4.69) is 4.99 Å². The van der Waals surface area contributed by atoms with Crippen LogP contribution >= 0.6 is 0 Å². The average Bonchev–Trinajstić information content (AvgIpc) is 3.33. The Hall–Kier alpha value is -2.44. The number of carbonyl (C=O) groups is 1. The van der Waals surface area contributed by atoms with Gasteiger partial charge in [0.25, 0.3) is 5.91 Å². The van der Waals surface area contributed by atoms with Gasteiger partial charge in [0.15, 0.2) is 0 Å². The van der Waals surface area contributed by atoms with Crippen molar-refractivity contribution in [2.75, 3.05) is 0 Å². The first-order valence-corrected chi connectivity index (χ1v) is 7.88. The summed E-state index contributed by atoms with van der Waals surface area (Å²) in [6, 6.07) is 6.18. The molecule has 2 aromatic rings. The molecule has 1 aliphatic carbocycles. The predicted octanol–water partition coefficient (Wildman–Crippen LogP) is 4.11. The van der Waals surface area contributed by atoms with E-state index >= 15 is 0 Å². The molecule has 1 amide bonds. The third kappa shape index (κ3) is 3.81. The van der Waals surface area contributed by atoms with E-state index in [1.54, 1.807) is 23.8 Å². The van der Waals surface area contributed by atoms with Gasteiger partial charge in [-0.05, 0) is 49.4 Å². The van der Waals surface area contributed by atoms with Crippen LogP contribution in [-0.4, -0.2) is 10.5 Å². The van der Waals surface area contributed by atoms with Gasteiger partial charge in [-0.3, -0.25) is 4.79 Å². The molecular formula is C18H16F4N2O. The second-order valence-electron chi connectivity index (χ2n) is 6.19. The molecular weight excluding hydrogens is 336 g/mol. The standard InChI is InChI=1S/C18H16F4N2O/c1-11-4-3-9-24(10-12-7-8-12)16(11)23-17(25)13-5-2-6-14(15(13)19)18(20,21)22/h2-6,9,12H,7-8,10H2,1H3. The number of rotatable bonds is 3. The van der Waals surface area contributed by atoms with Crippen LogP contribution in [0.3, 0.4) is 0 Å². The summed E-state index contributed by atoms with van der Waals surface area (Å²) in [7, 11) is 0. The number of hydrogen-bond acceptors (Lipinski definition) is 1. The van der Waals surface area contributed by atoms with E-state index in [9.17, 15) is 22.4 Å². The van der Waals surface area contributed by atoms with Gasteiger partial charge in [-0.15, -0.1) is 0 Å². The van der Waals surface area contributed by atoms with E-state index in [1.165, 1.54) is 0 Å². The fourth-order valence-corrected chi connectivity index (χ4v) is 2.61. The van der Waals surface area contributed by atoms with E-state index in [0.29, 0.717) is 29.6 Å². The van der Waals surface area contributed by atoms with Crippen molar-refractivity contribution >= 4 is 5.91 Å². The molecule has 0 radical (unpaired) electrons. The molecule has 3 rings (SSSR count). The highest BCUT2D eigenvalue weighted by molar-refractivity contribution is 5.95. The first kappa shape index (κ1) is 17.4. The summed E-state index contributed by atoms with van der Waals surface area (Å²) in [6.45, 7) is 2.43. The maximum atomic E-state index is 14.1. The van der Waals surface area contributed by atoms with Crippen molar-refractivity contribution in [1.82, 2.24) is 4.57 Å². The van der Waals surface area contributed by atoms with Gasteiger partial charge in [-0.2, -0.15) is 18.2 Å². The van der Waals surface area contributed by atoms with Crippen LogP contribution in [0.15, 0.2) is 41.5 Å². The van der Waals surface area contributed by atoms with Crippen LogP contribution in [0.2, 0.25) is 0 Å². The van der Waals surface area contributed by atoms with Crippen molar-refractivity contribution < 1.29 is 22.4 Å². The molecule has 0 aliphatic heterocycles. The Balaban J connectivity index is 2.04. The molecule has 1 aromatic heterocycles. The van der Waals surface area contributed by atoms with Crippen molar-refractivity contribution in [1.29, 1.82) is 0 Å². The van der Waals surface area contributed by atoms with E-state index < -0.39 is 29.0 Å². The Morgan fingerprint density at radius 3 is 2.60 bits per heavy atom. The largest absolute Gasteiger partial charge is 0.419 e. The summed E-state index contributed by atoms with van der Waals surface area (Å²) in [5.41, 5.74) is -1.11. The fourth-order valence-electron chi connectivity index (χ4n) is 2.61. The van der Waals surface area contributed by atoms with Gasteiger partial charge in [0.2, 0.25) is 0 Å². The molecule has 1 saturated carbocycles. The first-order valence-electron chi connectivity index (χ1n) is 7.88. The molecule has 0 bridgehead atoms. The number of amides is 1. The van der Waals surface area contributed by atoms with Gasteiger partial charge in [0, 0.05) is 12.7 Å². The minimum absolute atomic E-state index is 0.344. The molecule has 0 unspecified atom stereocenters. The number of nitrogens with zero attached hydrogens (tertiary/aromatic N) is 2. The van der Waals surface area contributed by atoms with Gasteiger partial charge >= 0.3 is 6.18 Å². The fraction of sp³-hybridized carbons (Fsp3) is 0.333. The minimum atomic E-state index is -4.87. The smallest absolute Gasteiger partial charge is 0.332 e. The van der Waals surface area contributed by atoms with Crippen molar-refractivity contribution in [3.63, 3.8) is 0 Å². The Bertz CT molecular complexity index is 879. The van der Waals surface area contributed by atoms with Gasteiger partial charge < -0.3 is 4.57 Å². The van der Waals surface area contributed by atoms with Crippen LogP contribution in [0.25, 0.3) is 0 Å². The Morgan fingerprint density at radius 1 is 1.24 bits per heavy atom. The molecule has 1 heterocycles. The van der Waals surface area contributed by atoms with Gasteiger partial charge in [0.05, 0.1) is 11.1 Å². The maximum Gasteiger partial charge on any atom is 0.419 e. The minimum Gasteiger partial charge on any atom is -0.332 e. The highest BCUT2D eigenvalue weighted by Crippen LogP contribution is 2.32. The summed E-state index contributed by atoms with van der Waals surface area (Å²) in [4.78, 5) is 16.2. The number of aryl methyl sites for hydroxylation is 1. The maximum absolute atomic E-state index is 14.1. The molecule has 0 spiro atoms. The van der Waals surface area contributed by atoms with Crippen molar-refractivity contribution in [3.05, 3.63) is 64.5 Å². The van der Waals surface area contributed by atoms with E-state index in [0.717, 1.165) is 25.0 Å². The van der Waals surface area contributed by atoms with Crippen molar-refractivity contribution in [2.45, 2.75) is 32.5 Å². The lowest BCUT2D eigenvalue weighted by atomic mass is 10.1. The lowest BCUT2D eigenvalue weighted by Gasteiger charge is -2.10. The Morgan fingerprint density at radius 2 is 1.96 bits per heavy atom. The Labute approximate surface area is 141 Å². The number of halogens is 4. The van der Waals surface area contributed by atoms with Gasteiger partial charge in [-0.25, -0.2) is 4.39 Å². The van der Waals surface area contributed by atoms with Crippen LogP contribution in [0.4, 0.5) is 17.6 Å². The van der Waals surface area contributed by atoms with Gasteiger partial charge in [0.1, 0.15) is 11.3 Å². The van der Waals surface area contributed by atoms with Crippen LogP contribution < -0.4 is 5.49 Å². The number of aromatic nitrogens is 1. The zero-order valence-electron chi connectivity index (χ0n) is 13.5. The van der Waals surface area contributed by atoms with Crippen molar-refractivity contribution in [3.8, 4) is 0 Å². The summed E-state index contributed by atoms with van der Waals surface area (Å²) < 4.78 is 54.4. The lowest BCUT2D eigenvalue weighted by molar-refractivity contribution is -0.140. The van der Waals surface area contributed by atoms with Crippen LogP contribution in [0.5, 0.6) is 0 Å². The number of benzene rings is 1. The summed E-state index contributed by atoms with van der Waals surface area (Å²) in [6.07, 6.45) is -0.915. The molecule has 132 valence electrons. The Kier molecular flexibility index (Phi) is 4.49. The molecule has 0 N–H and O–H groups in total. The van der Waals surface area contributed by atoms with Crippen LogP contribution in [0.1, 0.15) is 34.3 Å². The summed E-state index contributed by atoms with van der Waals surface area (Å²) in [5, 5.41) is 0. The van der Waals surface area contributed by atoms with Crippen molar-refractivity contribution in [2.24, 2.45) is 10.9 Å². The van der Waals surface area contributed by atoms with E-state index in [4.69, 9.17) is 0 Å². The monoisotopic (exact) mass is 352 g/mol. The number of carbonyl (C=O) groups excluding carboxylic acids is 1. The SMILES string of the molecule is Cc1cccn(CC2CC2)c1=NC(=O)c1cccc(C(F)(F)F)c1F.